The molecule has 3 N–H and O–H groups in total. The van der Waals surface area contributed by atoms with Crippen molar-refractivity contribution in [3.8, 4) is 0 Å². The molecular formula is C11H12BrF3N2O. The van der Waals surface area contributed by atoms with Crippen LogP contribution in [0.3, 0.4) is 0 Å². The van der Waals surface area contributed by atoms with Crippen molar-refractivity contribution in [2.75, 3.05) is 6.54 Å². The molecule has 18 heavy (non-hydrogen) atoms. The smallest absolute Gasteiger partial charge is 0.348 e. The molecule has 0 spiro atoms. The van der Waals surface area contributed by atoms with Crippen LogP contribution in [0, 0.1) is 0 Å². The highest BCUT2D eigenvalue weighted by atomic mass is 79.9. The van der Waals surface area contributed by atoms with Gasteiger partial charge in [-0.25, -0.2) is 0 Å². The number of nitrogens with one attached hydrogen (secondary N) is 1. The van der Waals surface area contributed by atoms with Crippen LogP contribution in [0.15, 0.2) is 22.7 Å². The highest BCUT2D eigenvalue weighted by Gasteiger charge is 2.35. The second-order valence-electron chi connectivity index (χ2n) is 3.80. The monoisotopic (exact) mass is 324 g/mol. The van der Waals surface area contributed by atoms with E-state index in [2.05, 4.69) is 21.2 Å². The summed E-state index contributed by atoms with van der Waals surface area (Å²) in [6.45, 7) is 1.77. The Morgan fingerprint density at radius 1 is 1.50 bits per heavy atom. The van der Waals surface area contributed by atoms with Crippen LogP contribution < -0.4 is 11.1 Å². The van der Waals surface area contributed by atoms with Crippen molar-refractivity contribution in [1.29, 1.82) is 0 Å². The molecule has 0 aliphatic carbocycles. The molecular weight excluding hydrogens is 313 g/mol. The zero-order chi connectivity index (χ0) is 13.9. The van der Waals surface area contributed by atoms with Crippen LogP contribution in [0.25, 0.3) is 0 Å². The first kappa shape index (κ1) is 15.0. The zero-order valence-electron chi connectivity index (χ0n) is 9.51. The van der Waals surface area contributed by atoms with Gasteiger partial charge >= 0.3 is 6.18 Å². The van der Waals surface area contributed by atoms with E-state index in [0.717, 1.165) is 12.1 Å². The fourth-order valence-corrected chi connectivity index (χ4v) is 1.67. The van der Waals surface area contributed by atoms with Crippen molar-refractivity contribution >= 4 is 21.8 Å². The molecule has 1 rings (SSSR count). The average molecular weight is 325 g/mol. The van der Waals surface area contributed by atoms with Crippen molar-refractivity contribution in [1.82, 2.24) is 5.32 Å². The summed E-state index contributed by atoms with van der Waals surface area (Å²) in [6.07, 6.45) is -4.58. The number of rotatable bonds is 3. The Hall–Kier alpha value is -1.08. The summed E-state index contributed by atoms with van der Waals surface area (Å²) in [5, 5.41) is 2.40. The fourth-order valence-electron chi connectivity index (χ4n) is 1.31. The number of carbonyl (C=O) groups excluding carboxylic acids is 1. The van der Waals surface area contributed by atoms with Crippen molar-refractivity contribution in [3.63, 3.8) is 0 Å². The van der Waals surface area contributed by atoms with Crippen LogP contribution in [-0.4, -0.2) is 18.5 Å². The van der Waals surface area contributed by atoms with Gasteiger partial charge in [0, 0.05) is 17.1 Å². The minimum Gasteiger partial charge on any atom is -0.348 e. The van der Waals surface area contributed by atoms with Crippen molar-refractivity contribution < 1.29 is 18.0 Å². The van der Waals surface area contributed by atoms with Gasteiger partial charge in [0.25, 0.3) is 5.91 Å². The van der Waals surface area contributed by atoms with E-state index in [1.165, 1.54) is 6.07 Å². The molecule has 0 saturated heterocycles. The first-order valence-corrected chi connectivity index (χ1v) is 5.92. The highest BCUT2D eigenvalue weighted by Crippen LogP contribution is 2.33. The molecule has 0 aliphatic heterocycles. The van der Waals surface area contributed by atoms with E-state index >= 15 is 0 Å². The third-order valence-electron chi connectivity index (χ3n) is 2.26. The summed E-state index contributed by atoms with van der Waals surface area (Å²) in [5.41, 5.74) is 3.92. The first-order valence-electron chi connectivity index (χ1n) is 5.13. The molecule has 0 radical (unpaired) electrons. The van der Waals surface area contributed by atoms with Gasteiger partial charge in [0.1, 0.15) is 0 Å². The lowest BCUT2D eigenvalue weighted by Crippen LogP contribution is -2.38. The number of alkyl halides is 3. The minimum absolute atomic E-state index is 0.156. The topological polar surface area (TPSA) is 55.1 Å². The molecule has 7 heteroatoms. The molecule has 100 valence electrons. The van der Waals surface area contributed by atoms with Crippen LogP contribution in [0.5, 0.6) is 0 Å². The molecule has 0 unspecified atom stereocenters. The Bertz CT molecular complexity index is 448. The number of hydrogen-bond donors (Lipinski definition) is 2. The largest absolute Gasteiger partial charge is 0.417 e. The SMILES string of the molecule is C[C@H](CN)NC(=O)c1ccc(Br)cc1C(F)(F)F. The van der Waals surface area contributed by atoms with E-state index in [9.17, 15) is 18.0 Å². The lowest BCUT2D eigenvalue weighted by molar-refractivity contribution is -0.138. The summed E-state index contributed by atoms with van der Waals surface area (Å²) >= 11 is 2.95. The maximum Gasteiger partial charge on any atom is 0.417 e. The van der Waals surface area contributed by atoms with E-state index in [-0.39, 0.29) is 17.1 Å². The zero-order valence-corrected chi connectivity index (χ0v) is 11.1. The van der Waals surface area contributed by atoms with Crippen LogP contribution >= 0.6 is 15.9 Å². The van der Waals surface area contributed by atoms with Gasteiger partial charge in [-0.05, 0) is 25.1 Å². The number of carbonyl (C=O) groups is 1. The lowest BCUT2D eigenvalue weighted by atomic mass is 10.1. The van der Waals surface area contributed by atoms with Gasteiger partial charge in [0.15, 0.2) is 0 Å². The summed E-state index contributed by atoms with van der Waals surface area (Å²) in [7, 11) is 0. The van der Waals surface area contributed by atoms with Gasteiger partial charge in [0.2, 0.25) is 0 Å². The number of hydrogen-bond acceptors (Lipinski definition) is 2. The van der Waals surface area contributed by atoms with Crippen molar-refractivity contribution in [2.24, 2.45) is 5.73 Å². The number of amides is 1. The van der Waals surface area contributed by atoms with Gasteiger partial charge in [0.05, 0.1) is 11.1 Å². The van der Waals surface area contributed by atoms with Crippen LogP contribution in [-0.2, 0) is 6.18 Å². The average Bonchev–Trinajstić information content (AvgIpc) is 2.27. The Morgan fingerprint density at radius 3 is 2.61 bits per heavy atom. The molecule has 1 amide bonds. The third kappa shape index (κ3) is 3.71. The van der Waals surface area contributed by atoms with Crippen molar-refractivity contribution in [3.05, 3.63) is 33.8 Å². The predicted molar refractivity (Wildman–Crippen MR) is 65.1 cm³/mol. The van der Waals surface area contributed by atoms with E-state index in [0.29, 0.717) is 0 Å². The lowest BCUT2D eigenvalue weighted by Gasteiger charge is -2.15. The summed E-state index contributed by atoms with van der Waals surface area (Å²) in [5.74, 6) is -0.784. The van der Waals surface area contributed by atoms with Gasteiger partial charge in [-0.3, -0.25) is 4.79 Å². The van der Waals surface area contributed by atoms with Gasteiger partial charge in [-0.2, -0.15) is 13.2 Å². The van der Waals surface area contributed by atoms with Gasteiger partial charge in [-0.15, -0.1) is 0 Å². The van der Waals surface area contributed by atoms with Gasteiger partial charge < -0.3 is 11.1 Å². The summed E-state index contributed by atoms with van der Waals surface area (Å²) in [4.78, 5) is 11.7. The molecule has 0 bridgehead atoms. The molecule has 0 heterocycles. The maximum atomic E-state index is 12.8. The molecule has 3 nitrogen and oxygen atoms in total. The second-order valence-corrected chi connectivity index (χ2v) is 4.71. The quantitative estimate of drug-likeness (QED) is 0.897. The molecule has 0 aromatic heterocycles. The van der Waals surface area contributed by atoms with E-state index in [1.54, 1.807) is 6.92 Å². The Balaban J connectivity index is 3.12. The van der Waals surface area contributed by atoms with Crippen LogP contribution in [0.1, 0.15) is 22.8 Å². The predicted octanol–water partition coefficient (Wildman–Crippen LogP) is 2.54. The molecule has 0 fully saturated rings. The fraction of sp³-hybridized carbons (Fsp3) is 0.364. The normalized spacial score (nSPS) is 13.2. The van der Waals surface area contributed by atoms with E-state index in [4.69, 9.17) is 5.73 Å². The first-order chi connectivity index (χ1) is 8.25. The standard InChI is InChI=1S/C11H12BrF3N2O/c1-6(5-16)17-10(18)8-3-2-7(12)4-9(8)11(13,14)15/h2-4,6H,5,16H2,1H3,(H,17,18)/t6-/m1/s1. The molecule has 0 aliphatic rings. The minimum atomic E-state index is -4.58. The molecule has 0 saturated carbocycles. The van der Waals surface area contributed by atoms with E-state index in [1.807, 2.05) is 0 Å². The third-order valence-corrected chi connectivity index (χ3v) is 2.76. The highest BCUT2D eigenvalue weighted by molar-refractivity contribution is 9.10. The number of nitrogens with two attached hydrogens (primary N) is 1. The Kier molecular flexibility index (Phi) is 4.75. The number of benzene rings is 1. The molecule has 1 aromatic carbocycles. The maximum absolute atomic E-state index is 12.8. The molecule has 1 aromatic rings. The Labute approximate surface area is 111 Å². The summed E-state index contributed by atoms with van der Waals surface area (Å²) in [6, 6.07) is 3.01. The van der Waals surface area contributed by atoms with Crippen LogP contribution in [0.4, 0.5) is 13.2 Å². The Morgan fingerprint density at radius 2 is 2.11 bits per heavy atom. The summed E-state index contributed by atoms with van der Waals surface area (Å²) < 4.78 is 38.6. The molecule has 1 atom stereocenters. The van der Waals surface area contributed by atoms with Crippen molar-refractivity contribution in [2.45, 2.75) is 19.1 Å². The van der Waals surface area contributed by atoms with Crippen LogP contribution in [0.2, 0.25) is 0 Å². The van der Waals surface area contributed by atoms with E-state index < -0.39 is 23.2 Å². The second kappa shape index (κ2) is 5.71. The van der Waals surface area contributed by atoms with Gasteiger partial charge in [-0.1, -0.05) is 15.9 Å². The number of halogens is 4.